The van der Waals surface area contributed by atoms with Gasteiger partial charge in [-0.1, -0.05) is 36.4 Å². The van der Waals surface area contributed by atoms with Crippen LogP contribution < -0.4 is 27.4 Å². The molecule has 0 aliphatic rings. The molecule has 11 N–H and O–H groups in total. The van der Waals surface area contributed by atoms with Gasteiger partial charge in [0.2, 0.25) is 23.6 Å². The molecule has 4 rings (SSSR count). The van der Waals surface area contributed by atoms with Crippen molar-refractivity contribution < 1.29 is 39.0 Å². The zero-order chi connectivity index (χ0) is 33.4. The van der Waals surface area contributed by atoms with Crippen LogP contribution >= 0.6 is 0 Å². The Labute approximate surface area is 262 Å². The van der Waals surface area contributed by atoms with Crippen LogP contribution in [0.5, 0.6) is 0 Å². The Hall–Kier alpha value is -5.70. The summed E-state index contributed by atoms with van der Waals surface area (Å²) in [7, 11) is 0. The number of hydrogen-bond donors (Lipinski definition) is 9. The summed E-state index contributed by atoms with van der Waals surface area (Å²) in [4.78, 5) is 80.8. The first-order chi connectivity index (χ1) is 21.9. The molecule has 15 nitrogen and oxygen atoms in total. The van der Waals surface area contributed by atoms with Crippen molar-refractivity contribution in [2.24, 2.45) is 11.5 Å². The highest BCUT2D eigenvalue weighted by Crippen LogP contribution is 2.21. The second-order valence-corrected chi connectivity index (χ2v) is 10.9. The van der Waals surface area contributed by atoms with E-state index in [4.69, 9.17) is 11.5 Å². The van der Waals surface area contributed by atoms with Crippen molar-refractivity contribution in [2.45, 2.75) is 56.3 Å². The molecule has 0 spiro atoms. The van der Waals surface area contributed by atoms with Crippen LogP contribution in [-0.2, 0) is 41.6 Å². The number of aliphatic carboxylic acids is 2. The number of carbonyl (C=O) groups is 6. The van der Waals surface area contributed by atoms with E-state index in [-0.39, 0.29) is 19.3 Å². The minimum atomic E-state index is -1.46. The quantitative estimate of drug-likeness (QED) is 0.0805. The third-order valence-corrected chi connectivity index (χ3v) is 7.48. The molecule has 4 amide bonds. The first kappa shape index (κ1) is 33.2. The Bertz CT molecular complexity index is 1760. The number of aromatic amines is 2. The van der Waals surface area contributed by atoms with Crippen molar-refractivity contribution in [1.29, 1.82) is 0 Å². The molecule has 2 aromatic carbocycles. The van der Waals surface area contributed by atoms with E-state index in [9.17, 15) is 39.0 Å². The van der Waals surface area contributed by atoms with Crippen LogP contribution in [0.2, 0.25) is 0 Å². The van der Waals surface area contributed by atoms with Gasteiger partial charge in [-0.25, -0.2) is 4.79 Å². The third-order valence-electron chi connectivity index (χ3n) is 7.48. The van der Waals surface area contributed by atoms with Gasteiger partial charge in [0.1, 0.15) is 18.1 Å². The molecule has 0 radical (unpaired) electrons. The summed E-state index contributed by atoms with van der Waals surface area (Å²) in [5.74, 6) is -6.06. The summed E-state index contributed by atoms with van der Waals surface area (Å²) in [5, 5.41) is 28.2. The van der Waals surface area contributed by atoms with Crippen LogP contribution in [0.25, 0.3) is 21.8 Å². The minimum absolute atomic E-state index is 0.0616. The van der Waals surface area contributed by atoms with Crippen molar-refractivity contribution in [3.63, 3.8) is 0 Å². The largest absolute Gasteiger partial charge is 0.481 e. The summed E-state index contributed by atoms with van der Waals surface area (Å²) in [6.45, 7) is 0. The molecule has 4 unspecified atom stereocenters. The Balaban J connectivity index is 1.59. The number of rotatable bonds is 16. The Morgan fingerprint density at radius 1 is 0.696 bits per heavy atom. The molecule has 46 heavy (non-hydrogen) atoms. The van der Waals surface area contributed by atoms with E-state index in [2.05, 4.69) is 25.9 Å². The number of aromatic nitrogens is 2. The van der Waals surface area contributed by atoms with Gasteiger partial charge < -0.3 is 47.6 Å². The predicted molar refractivity (Wildman–Crippen MR) is 166 cm³/mol. The average molecular weight is 634 g/mol. The van der Waals surface area contributed by atoms with Crippen LogP contribution in [0, 0.1) is 0 Å². The normalized spacial score (nSPS) is 13.8. The number of fused-ring (bicyclic) bond motifs is 2. The molecule has 242 valence electrons. The number of nitrogens with one attached hydrogen (secondary N) is 5. The molecule has 15 heteroatoms. The van der Waals surface area contributed by atoms with E-state index in [0.29, 0.717) is 11.1 Å². The second kappa shape index (κ2) is 14.9. The van der Waals surface area contributed by atoms with E-state index < -0.39 is 72.6 Å². The molecule has 0 saturated carbocycles. The number of para-hydroxylation sites is 2. The fraction of sp³-hybridized carbons (Fsp3) is 0.290. The number of hydrogen-bond acceptors (Lipinski definition) is 7. The van der Waals surface area contributed by atoms with Gasteiger partial charge >= 0.3 is 11.9 Å². The lowest BCUT2D eigenvalue weighted by molar-refractivity contribution is -0.142. The van der Waals surface area contributed by atoms with Gasteiger partial charge in [0.25, 0.3) is 0 Å². The molecule has 0 bridgehead atoms. The molecule has 0 aliphatic carbocycles. The number of amides is 4. The maximum atomic E-state index is 13.7. The van der Waals surface area contributed by atoms with Gasteiger partial charge in [0.15, 0.2) is 0 Å². The molecular formula is C31H35N7O8. The average Bonchev–Trinajstić information content (AvgIpc) is 3.61. The highest BCUT2D eigenvalue weighted by atomic mass is 16.4. The maximum Gasteiger partial charge on any atom is 0.326 e. The summed E-state index contributed by atoms with van der Waals surface area (Å²) < 4.78 is 0. The van der Waals surface area contributed by atoms with Gasteiger partial charge in [-0.15, -0.1) is 0 Å². The smallest absolute Gasteiger partial charge is 0.326 e. The number of H-pyrrole nitrogens is 2. The first-order valence-electron chi connectivity index (χ1n) is 14.4. The Kier molecular flexibility index (Phi) is 10.7. The zero-order valence-electron chi connectivity index (χ0n) is 24.6. The lowest BCUT2D eigenvalue weighted by atomic mass is 10.0. The van der Waals surface area contributed by atoms with Crippen LogP contribution in [0.1, 0.15) is 30.4 Å². The number of carbonyl (C=O) groups excluding carboxylic acids is 4. The zero-order valence-corrected chi connectivity index (χ0v) is 24.6. The number of carboxylic acid groups (broad SMARTS) is 2. The standard InChI is InChI=1S/C31H35N7O8/c32-20(13-26(33)39)28(42)36-23(9-10-27(40)41)29(43)37-24(11-16-14-34-21-7-3-1-5-18(16)21)30(44)38-25(31(45)46)12-17-15-35-22-8-4-2-6-19(17)22/h1-8,14-15,20,23-25,34-35H,9-13,32H2,(H2,33,39)(H,36,42)(H,37,43)(H,38,44)(H,40,41)(H,45,46). The van der Waals surface area contributed by atoms with Crippen molar-refractivity contribution in [2.75, 3.05) is 0 Å². The fourth-order valence-corrected chi connectivity index (χ4v) is 5.12. The van der Waals surface area contributed by atoms with Gasteiger partial charge in [-0.3, -0.25) is 24.0 Å². The summed E-state index contributed by atoms with van der Waals surface area (Å²) in [5.41, 5.74) is 13.7. The minimum Gasteiger partial charge on any atom is -0.481 e. The monoisotopic (exact) mass is 633 g/mol. The number of carboxylic acids is 2. The lowest BCUT2D eigenvalue weighted by Crippen LogP contribution is -2.58. The topological polar surface area (TPSA) is 263 Å². The van der Waals surface area contributed by atoms with Crippen molar-refractivity contribution in [3.8, 4) is 0 Å². The third kappa shape index (κ3) is 8.47. The number of benzene rings is 2. The van der Waals surface area contributed by atoms with E-state index in [1.54, 1.807) is 24.5 Å². The van der Waals surface area contributed by atoms with E-state index in [1.807, 2.05) is 36.4 Å². The predicted octanol–water partition coefficient (Wildman–Crippen LogP) is 0.0409. The summed E-state index contributed by atoms with van der Waals surface area (Å²) >= 11 is 0. The first-order valence-corrected chi connectivity index (χ1v) is 14.4. The molecule has 0 fully saturated rings. The van der Waals surface area contributed by atoms with Crippen molar-refractivity contribution in [3.05, 3.63) is 72.1 Å². The van der Waals surface area contributed by atoms with Gasteiger partial charge in [0.05, 0.1) is 12.5 Å². The van der Waals surface area contributed by atoms with Gasteiger partial charge in [-0.2, -0.15) is 0 Å². The Morgan fingerprint density at radius 3 is 1.70 bits per heavy atom. The summed E-state index contributed by atoms with van der Waals surface area (Å²) in [6.07, 6.45) is 1.78. The van der Waals surface area contributed by atoms with Crippen molar-refractivity contribution >= 4 is 57.4 Å². The van der Waals surface area contributed by atoms with Crippen LogP contribution in [0.4, 0.5) is 0 Å². The van der Waals surface area contributed by atoms with E-state index in [0.717, 1.165) is 21.8 Å². The highest BCUT2D eigenvalue weighted by Gasteiger charge is 2.32. The maximum absolute atomic E-state index is 13.7. The van der Waals surface area contributed by atoms with Gasteiger partial charge in [-0.05, 0) is 29.7 Å². The fourth-order valence-electron chi connectivity index (χ4n) is 5.12. The number of primary amides is 1. The van der Waals surface area contributed by atoms with Crippen LogP contribution in [-0.4, -0.2) is 79.9 Å². The highest BCUT2D eigenvalue weighted by molar-refractivity contribution is 5.96. The molecular weight excluding hydrogens is 598 g/mol. The van der Waals surface area contributed by atoms with Gasteiger partial charge in [0, 0.05) is 53.5 Å². The van der Waals surface area contributed by atoms with E-state index >= 15 is 0 Å². The van der Waals surface area contributed by atoms with Crippen LogP contribution in [0.3, 0.4) is 0 Å². The number of nitrogens with two attached hydrogens (primary N) is 2. The molecule has 2 heterocycles. The van der Waals surface area contributed by atoms with Crippen LogP contribution in [0.15, 0.2) is 60.9 Å². The molecule has 4 atom stereocenters. The molecule has 0 aliphatic heterocycles. The second-order valence-electron chi connectivity index (χ2n) is 10.9. The SMILES string of the molecule is NC(=O)CC(N)C(=O)NC(CCC(=O)O)C(=O)NC(Cc1c[nH]c2ccccc12)C(=O)NC(Cc1c[nH]c2ccccc12)C(=O)O. The van der Waals surface area contributed by atoms with Crippen molar-refractivity contribution in [1.82, 2.24) is 25.9 Å². The van der Waals surface area contributed by atoms with E-state index in [1.165, 1.54) is 0 Å². The molecule has 0 saturated heterocycles. The Morgan fingerprint density at radius 2 is 1.17 bits per heavy atom. The lowest BCUT2D eigenvalue weighted by Gasteiger charge is -2.25. The molecule has 2 aromatic heterocycles. The molecule has 4 aromatic rings. The summed E-state index contributed by atoms with van der Waals surface area (Å²) in [6, 6.07) is 8.96.